The Hall–Kier alpha value is -2.59. The Kier molecular flexibility index (Phi) is 8.34. The number of hydrogen-bond acceptors (Lipinski definition) is 3. The smallest absolute Gasteiger partial charge is 0.251 e. The highest BCUT2D eigenvalue weighted by Gasteiger charge is 2.42. The maximum absolute atomic E-state index is 12.9. The van der Waals surface area contributed by atoms with Gasteiger partial charge >= 0.3 is 0 Å². The van der Waals surface area contributed by atoms with Gasteiger partial charge in [-0.25, -0.2) is 0 Å². The van der Waals surface area contributed by atoms with E-state index in [4.69, 9.17) is 0 Å². The number of phenolic OH excluding ortho intramolecular Hbond substituents is 1. The third-order valence-electron chi connectivity index (χ3n) is 9.47. The van der Waals surface area contributed by atoms with Crippen LogP contribution in [-0.4, -0.2) is 40.6 Å². The molecule has 1 saturated carbocycles. The highest BCUT2D eigenvalue weighted by Crippen LogP contribution is 2.45. The lowest BCUT2D eigenvalue weighted by atomic mass is 9.69. The number of nitrogens with one attached hydrogen (secondary N) is 1. The van der Waals surface area contributed by atoms with E-state index in [0.29, 0.717) is 29.8 Å². The van der Waals surface area contributed by atoms with Crippen LogP contribution in [0.15, 0.2) is 61.2 Å². The fourth-order valence-corrected chi connectivity index (χ4v) is 7.48. The van der Waals surface area contributed by atoms with Crippen molar-refractivity contribution in [2.75, 3.05) is 6.54 Å². The van der Waals surface area contributed by atoms with Gasteiger partial charge in [-0.15, -0.1) is 6.58 Å². The zero-order chi connectivity index (χ0) is 25.8. The lowest BCUT2D eigenvalue weighted by Crippen LogP contribution is -2.56. The highest BCUT2D eigenvalue weighted by atomic mass is 16.3. The Morgan fingerprint density at radius 3 is 2.49 bits per heavy atom. The van der Waals surface area contributed by atoms with Crippen LogP contribution in [0.25, 0.3) is 0 Å². The Labute approximate surface area is 223 Å². The predicted octanol–water partition coefficient (Wildman–Crippen LogP) is 7.04. The summed E-state index contributed by atoms with van der Waals surface area (Å²) in [6, 6.07) is 17.6. The summed E-state index contributed by atoms with van der Waals surface area (Å²) in [7, 11) is 0. The number of piperidine rings is 2. The molecule has 1 amide bonds. The van der Waals surface area contributed by atoms with Gasteiger partial charge in [-0.2, -0.15) is 0 Å². The van der Waals surface area contributed by atoms with Crippen LogP contribution >= 0.6 is 0 Å². The summed E-state index contributed by atoms with van der Waals surface area (Å²) in [5.41, 5.74) is 3.12. The van der Waals surface area contributed by atoms with Crippen molar-refractivity contribution in [3.63, 3.8) is 0 Å². The zero-order valence-corrected chi connectivity index (χ0v) is 22.4. The van der Waals surface area contributed by atoms with Crippen molar-refractivity contribution in [1.29, 1.82) is 0 Å². The fraction of sp³-hybridized carbons (Fsp3) is 0.545. The van der Waals surface area contributed by atoms with E-state index in [0.717, 1.165) is 42.9 Å². The summed E-state index contributed by atoms with van der Waals surface area (Å²) in [5, 5.41) is 13.5. The van der Waals surface area contributed by atoms with Gasteiger partial charge in [0.1, 0.15) is 5.75 Å². The van der Waals surface area contributed by atoms with Crippen molar-refractivity contribution in [3.8, 4) is 5.75 Å². The van der Waals surface area contributed by atoms with Crippen molar-refractivity contribution in [2.24, 2.45) is 11.8 Å². The molecule has 2 saturated heterocycles. The molecule has 3 aliphatic rings. The molecule has 2 aromatic rings. The first kappa shape index (κ1) is 26.0. The van der Waals surface area contributed by atoms with Gasteiger partial charge in [-0.05, 0) is 92.2 Å². The van der Waals surface area contributed by atoms with Gasteiger partial charge in [0, 0.05) is 36.2 Å². The van der Waals surface area contributed by atoms with Crippen LogP contribution in [0.2, 0.25) is 0 Å². The topological polar surface area (TPSA) is 52.6 Å². The molecule has 0 spiro atoms. The summed E-state index contributed by atoms with van der Waals surface area (Å²) in [5.74, 6) is 1.90. The molecule has 3 fully saturated rings. The molecule has 37 heavy (non-hydrogen) atoms. The molecule has 2 N–H and O–H groups in total. The minimum atomic E-state index is 0.0436. The number of rotatable bonds is 8. The number of aromatic hydroxyl groups is 1. The van der Waals surface area contributed by atoms with Gasteiger partial charge in [0.05, 0.1) is 0 Å². The van der Waals surface area contributed by atoms with E-state index in [2.05, 4.69) is 48.0 Å². The molecule has 2 bridgehead atoms. The molecule has 0 radical (unpaired) electrons. The molecule has 2 aliphatic heterocycles. The second-order valence-corrected chi connectivity index (χ2v) is 11.8. The average Bonchev–Trinajstić information content (AvgIpc) is 2.91. The van der Waals surface area contributed by atoms with Crippen LogP contribution in [-0.2, 0) is 0 Å². The van der Waals surface area contributed by atoms with E-state index in [1.165, 1.54) is 50.5 Å². The molecular formula is C33H44N2O2. The Bertz CT molecular complexity index is 1060. The molecule has 5 rings (SSSR count). The second-order valence-electron chi connectivity index (χ2n) is 11.8. The second kappa shape index (κ2) is 11.9. The lowest BCUT2D eigenvalue weighted by Gasteiger charge is -2.53. The quantitative estimate of drug-likeness (QED) is 0.382. The number of amides is 1. The lowest BCUT2D eigenvalue weighted by molar-refractivity contribution is -0.0216. The number of benzene rings is 2. The van der Waals surface area contributed by atoms with Crippen molar-refractivity contribution in [2.45, 2.75) is 95.2 Å². The standard InChI is InChI=1S/C33H44N2O2/c1-3-20-35-31-19-17-27(32(35)18-12-23(31)2)22-30(26-8-7-11-29(36)21-26)24-13-15-25(16-14-24)33(37)34-28-9-5-4-6-10-28/h3,7-8,11,13-16,21,23,27-28,30-32,36H,1,4-6,9-10,12,17-20,22H2,2H3,(H,34,37). The molecule has 0 aromatic heterocycles. The van der Waals surface area contributed by atoms with Crippen LogP contribution in [0.1, 0.15) is 98.5 Å². The van der Waals surface area contributed by atoms with Gasteiger partial charge in [0.15, 0.2) is 0 Å². The third kappa shape index (κ3) is 5.95. The first-order valence-electron chi connectivity index (χ1n) is 14.6. The van der Waals surface area contributed by atoms with E-state index in [1.807, 2.05) is 24.3 Å². The monoisotopic (exact) mass is 500 g/mol. The van der Waals surface area contributed by atoms with E-state index in [9.17, 15) is 9.90 Å². The predicted molar refractivity (Wildman–Crippen MR) is 151 cm³/mol. The van der Waals surface area contributed by atoms with Gasteiger partial charge in [0.25, 0.3) is 5.91 Å². The first-order valence-corrected chi connectivity index (χ1v) is 14.6. The van der Waals surface area contributed by atoms with E-state index in [1.54, 1.807) is 6.07 Å². The maximum atomic E-state index is 12.9. The fourth-order valence-electron chi connectivity index (χ4n) is 7.48. The Balaban J connectivity index is 1.36. The number of hydrogen-bond donors (Lipinski definition) is 2. The van der Waals surface area contributed by atoms with E-state index >= 15 is 0 Å². The van der Waals surface area contributed by atoms with Crippen LogP contribution in [0, 0.1) is 11.8 Å². The molecule has 4 heteroatoms. The highest BCUT2D eigenvalue weighted by molar-refractivity contribution is 5.94. The van der Waals surface area contributed by atoms with Gasteiger partial charge in [-0.3, -0.25) is 9.69 Å². The molecule has 2 heterocycles. The molecule has 5 unspecified atom stereocenters. The van der Waals surface area contributed by atoms with Crippen molar-refractivity contribution >= 4 is 5.91 Å². The van der Waals surface area contributed by atoms with Gasteiger partial charge < -0.3 is 10.4 Å². The largest absolute Gasteiger partial charge is 0.508 e. The number of carbonyl (C=O) groups excluding carboxylic acids is 1. The molecular weight excluding hydrogens is 456 g/mol. The minimum Gasteiger partial charge on any atom is -0.508 e. The van der Waals surface area contributed by atoms with E-state index in [-0.39, 0.29) is 11.8 Å². The van der Waals surface area contributed by atoms with Gasteiger partial charge in [0.2, 0.25) is 0 Å². The van der Waals surface area contributed by atoms with Crippen LogP contribution in [0.3, 0.4) is 0 Å². The van der Waals surface area contributed by atoms with Crippen molar-refractivity contribution in [1.82, 2.24) is 10.2 Å². The summed E-state index contributed by atoms with van der Waals surface area (Å²) >= 11 is 0. The summed E-state index contributed by atoms with van der Waals surface area (Å²) in [4.78, 5) is 15.6. The normalized spacial score (nSPS) is 27.4. The molecule has 4 nitrogen and oxygen atoms in total. The van der Waals surface area contributed by atoms with Crippen LogP contribution in [0.5, 0.6) is 5.75 Å². The number of nitrogens with zero attached hydrogens (tertiary/aromatic N) is 1. The van der Waals surface area contributed by atoms with Crippen molar-refractivity contribution < 1.29 is 9.90 Å². The average molecular weight is 501 g/mol. The Morgan fingerprint density at radius 2 is 1.76 bits per heavy atom. The summed E-state index contributed by atoms with van der Waals surface area (Å²) < 4.78 is 0. The molecule has 1 aliphatic carbocycles. The summed E-state index contributed by atoms with van der Waals surface area (Å²) in [6.45, 7) is 7.44. The maximum Gasteiger partial charge on any atom is 0.251 e. The zero-order valence-electron chi connectivity index (χ0n) is 22.4. The summed E-state index contributed by atoms with van der Waals surface area (Å²) in [6.07, 6.45) is 14.1. The van der Waals surface area contributed by atoms with E-state index < -0.39 is 0 Å². The van der Waals surface area contributed by atoms with Crippen molar-refractivity contribution in [3.05, 3.63) is 77.9 Å². The first-order chi connectivity index (χ1) is 18.0. The SMILES string of the molecule is C=CCN1C2CCC(CC(c3ccc(C(=O)NC4CCCCC4)cc3)c3cccc(O)c3)C1CCC2C. The number of carbonyl (C=O) groups is 1. The molecule has 198 valence electrons. The number of phenols is 1. The van der Waals surface area contributed by atoms with Crippen LogP contribution < -0.4 is 5.32 Å². The molecule has 5 atom stereocenters. The Morgan fingerprint density at radius 1 is 1.00 bits per heavy atom. The third-order valence-corrected chi connectivity index (χ3v) is 9.47. The van der Waals surface area contributed by atoms with Gasteiger partial charge in [-0.1, -0.05) is 56.5 Å². The number of fused-ring (bicyclic) bond motifs is 2. The molecule has 2 aromatic carbocycles. The van der Waals surface area contributed by atoms with Crippen LogP contribution in [0.4, 0.5) is 0 Å². The minimum absolute atomic E-state index is 0.0436.